The largest absolute Gasteiger partial charge is 0.426 e. The highest BCUT2D eigenvalue weighted by molar-refractivity contribution is 5.75. The Morgan fingerprint density at radius 2 is 1.74 bits per heavy atom. The summed E-state index contributed by atoms with van der Waals surface area (Å²) in [5.41, 5.74) is -1.35. The maximum absolute atomic E-state index is 13.9. The van der Waals surface area contributed by atoms with Crippen LogP contribution in [0.3, 0.4) is 0 Å². The van der Waals surface area contributed by atoms with E-state index in [1.54, 1.807) is 0 Å². The maximum atomic E-state index is 13.9. The van der Waals surface area contributed by atoms with E-state index in [2.05, 4.69) is 6.58 Å². The molecule has 4 atom stereocenters. The van der Waals surface area contributed by atoms with Crippen LogP contribution < -0.4 is 4.74 Å². The number of ether oxygens (including phenoxy) is 1. The molecule has 0 N–H and O–H groups in total. The first kappa shape index (κ1) is 25.2. The van der Waals surface area contributed by atoms with E-state index in [0.717, 1.165) is 62.3 Å². The second-order valence-corrected chi connectivity index (χ2v) is 10.7. The number of rotatable bonds is 6. The average Bonchev–Trinajstić information content (AvgIpc) is 2.81. The molecule has 0 aromatic heterocycles. The zero-order valence-corrected chi connectivity index (χ0v) is 19.8. The molecule has 3 aliphatic carbocycles. The lowest BCUT2D eigenvalue weighted by molar-refractivity contribution is -0.144. The first-order valence-corrected chi connectivity index (χ1v) is 13.0. The van der Waals surface area contributed by atoms with Gasteiger partial charge in [-0.2, -0.15) is 13.2 Å². The van der Waals surface area contributed by atoms with Crippen molar-refractivity contribution in [3.05, 3.63) is 42.2 Å². The second-order valence-electron chi connectivity index (χ2n) is 10.7. The fourth-order valence-electron chi connectivity index (χ4n) is 7.00. The molecular weight excluding hydrogens is 444 g/mol. The van der Waals surface area contributed by atoms with Crippen molar-refractivity contribution in [1.82, 2.24) is 0 Å². The van der Waals surface area contributed by atoms with Crippen LogP contribution >= 0.6 is 0 Å². The predicted octanol–water partition coefficient (Wildman–Crippen LogP) is 8.36. The smallest absolute Gasteiger partial charge is 0.419 e. The van der Waals surface area contributed by atoms with E-state index >= 15 is 0 Å². The summed E-state index contributed by atoms with van der Waals surface area (Å²) in [7, 11) is 0. The van der Waals surface area contributed by atoms with Gasteiger partial charge in [0.1, 0.15) is 11.6 Å². The van der Waals surface area contributed by atoms with Crippen LogP contribution in [0.15, 0.2) is 30.9 Å². The third kappa shape index (κ3) is 5.85. The normalized spacial score (nSPS) is 32.0. The standard InChI is InChI=1S/C28H36F4O2/c1-2-3-5-18-8-10-19(11-9-18)20-12-14-23-21(16-20)6-4-7-24(23)27(33)34-22-13-15-25(26(29)17-22)28(30,31)32/h2,13,15,17-21,23-24H,1,3-12,14,16H2. The van der Waals surface area contributed by atoms with E-state index in [1.807, 2.05) is 6.08 Å². The Balaban J connectivity index is 1.32. The van der Waals surface area contributed by atoms with Crippen LogP contribution in [-0.4, -0.2) is 5.97 Å². The Hall–Kier alpha value is -1.85. The van der Waals surface area contributed by atoms with Gasteiger partial charge in [-0.3, -0.25) is 4.79 Å². The van der Waals surface area contributed by atoms with Crippen molar-refractivity contribution in [1.29, 1.82) is 0 Å². The van der Waals surface area contributed by atoms with E-state index in [-0.39, 0.29) is 17.6 Å². The average molecular weight is 481 g/mol. The Morgan fingerprint density at radius 3 is 2.41 bits per heavy atom. The molecule has 1 aromatic rings. The molecule has 0 radical (unpaired) electrons. The van der Waals surface area contributed by atoms with Gasteiger partial charge in [-0.15, -0.1) is 6.58 Å². The van der Waals surface area contributed by atoms with Crippen molar-refractivity contribution < 1.29 is 27.1 Å². The minimum absolute atomic E-state index is 0.153. The van der Waals surface area contributed by atoms with Gasteiger partial charge in [-0.05, 0) is 93.1 Å². The molecule has 4 unspecified atom stereocenters. The molecular formula is C28H36F4O2. The number of halogens is 4. The monoisotopic (exact) mass is 480 g/mol. The van der Waals surface area contributed by atoms with Crippen molar-refractivity contribution in [2.45, 2.75) is 83.2 Å². The van der Waals surface area contributed by atoms with Crippen LogP contribution in [0.25, 0.3) is 0 Å². The Bertz CT molecular complexity index is 856. The summed E-state index contributed by atoms with van der Waals surface area (Å²) in [6.07, 6.45) is 11.0. The SMILES string of the molecule is C=CCCC1CCC(C2CCC3C(CCCC3C(=O)Oc3ccc(C(F)(F)F)c(F)c3)C2)CC1. The van der Waals surface area contributed by atoms with E-state index in [9.17, 15) is 22.4 Å². The van der Waals surface area contributed by atoms with Gasteiger partial charge in [0.25, 0.3) is 0 Å². The number of fused-ring (bicyclic) bond motifs is 1. The number of benzene rings is 1. The molecule has 0 bridgehead atoms. The topological polar surface area (TPSA) is 26.3 Å². The van der Waals surface area contributed by atoms with Crippen molar-refractivity contribution >= 4 is 5.97 Å². The van der Waals surface area contributed by atoms with Crippen LogP contribution in [0, 0.1) is 41.3 Å². The van der Waals surface area contributed by atoms with E-state index < -0.39 is 23.5 Å². The molecule has 6 heteroatoms. The molecule has 3 saturated carbocycles. The number of carbonyl (C=O) groups is 1. The van der Waals surface area contributed by atoms with E-state index in [1.165, 1.54) is 38.5 Å². The van der Waals surface area contributed by atoms with Gasteiger partial charge in [0.2, 0.25) is 0 Å². The molecule has 1 aromatic carbocycles. The Kier molecular flexibility index (Phi) is 8.04. The van der Waals surface area contributed by atoms with Crippen LogP contribution in [0.1, 0.15) is 82.6 Å². The maximum Gasteiger partial charge on any atom is 0.419 e. The molecule has 3 aliphatic rings. The Morgan fingerprint density at radius 1 is 1.00 bits per heavy atom. The third-order valence-electron chi connectivity index (χ3n) is 8.79. The quantitative estimate of drug-likeness (QED) is 0.177. The van der Waals surface area contributed by atoms with E-state index in [4.69, 9.17) is 4.74 Å². The predicted molar refractivity (Wildman–Crippen MR) is 124 cm³/mol. The van der Waals surface area contributed by atoms with Gasteiger partial charge >= 0.3 is 12.1 Å². The second kappa shape index (κ2) is 10.8. The molecule has 3 fully saturated rings. The summed E-state index contributed by atoms with van der Waals surface area (Å²) < 4.78 is 57.7. The number of alkyl halides is 3. The highest BCUT2D eigenvalue weighted by Crippen LogP contribution is 2.50. The molecule has 0 aliphatic heterocycles. The first-order chi connectivity index (χ1) is 16.3. The lowest BCUT2D eigenvalue weighted by Gasteiger charge is -2.46. The zero-order valence-electron chi connectivity index (χ0n) is 19.8. The van der Waals surface area contributed by atoms with Crippen molar-refractivity contribution in [2.75, 3.05) is 0 Å². The van der Waals surface area contributed by atoms with Crippen LogP contribution in [0.2, 0.25) is 0 Å². The lowest BCUT2D eigenvalue weighted by atomic mass is 9.59. The number of hydrogen-bond donors (Lipinski definition) is 0. The van der Waals surface area contributed by atoms with Crippen LogP contribution in [-0.2, 0) is 11.0 Å². The van der Waals surface area contributed by atoms with Gasteiger partial charge in [0.15, 0.2) is 0 Å². The van der Waals surface area contributed by atoms with Gasteiger partial charge < -0.3 is 4.74 Å². The molecule has 4 rings (SSSR count). The third-order valence-corrected chi connectivity index (χ3v) is 8.79. The molecule has 0 saturated heterocycles. The minimum atomic E-state index is -4.77. The molecule has 0 heterocycles. The summed E-state index contributed by atoms with van der Waals surface area (Å²) in [4.78, 5) is 12.9. The van der Waals surface area contributed by atoms with Crippen molar-refractivity contribution in [3.8, 4) is 5.75 Å². The molecule has 0 amide bonds. The summed E-state index contributed by atoms with van der Waals surface area (Å²) in [5, 5.41) is 0. The number of allylic oxidation sites excluding steroid dienone is 1. The van der Waals surface area contributed by atoms with Gasteiger partial charge in [0.05, 0.1) is 11.5 Å². The van der Waals surface area contributed by atoms with Gasteiger partial charge in [0, 0.05) is 6.07 Å². The fraction of sp³-hybridized carbons (Fsp3) is 0.679. The summed E-state index contributed by atoms with van der Waals surface area (Å²) in [6.45, 7) is 3.84. The van der Waals surface area contributed by atoms with E-state index in [0.29, 0.717) is 18.1 Å². The zero-order chi connectivity index (χ0) is 24.3. The number of esters is 1. The molecule has 188 valence electrons. The van der Waals surface area contributed by atoms with Crippen molar-refractivity contribution in [3.63, 3.8) is 0 Å². The fourth-order valence-corrected chi connectivity index (χ4v) is 7.00. The van der Waals surface area contributed by atoms with Crippen LogP contribution in [0.4, 0.5) is 17.6 Å². The highest BCUT2D eigenvalue weighted by Gasteiger charge is 2.43. The Labute approximate surface area is 200 Å². The number of hydrogen-bond acceptors (Lipinski definition) is 2. The van der Waals surface area contributed by atoms with Crippen LogP contribution in [0.5, 0.6) is 5.75 Å². The summed E-state index contributed by atoms with van der Waals surface area (Å²) >= 11 is 0. The van der Waals surface area contributed by atoms with Crippen molar-refractivity contribution in [2.24, 2.45) is 35.5 Å². The minimum Gasteiger partial charge on any atom is -0.426 e. The summed E-state index contributed by atoms with van der Waals surface area (Å²) in [6, 6.07) is 2.34. The first-order valence-electron chi connectivity index (χ1n) is 13.0. The van der Waals surface area contributed by atoms with Gasteiger partial charge in [-0.1, -0.05) is 31.8 Å². The molecule has 34 heavy (non-hydrogen) atoms. The highest BCUT2D eigenvalue weighted by atomic mass is 19.4. The molecule has 0 spiro atoms. The summed E-state index contributed by atoms with van der Waals surface area (Å²) in [5.74, 6) is 0.903. The van der Waals surface area contributed by atoms with Gasteiger partial charge in [-0.25, -0.2) is 4.39 Å². The molecule has 2 nitrogen and oxygen atoms in total. The lowest BCUT2D eigenvalue weighted by Crippen LogP contribution is -2.40. The number of carbonyl (C=O) groups excluding carboxylic acids is 1.